The number of anilines is 1. The highest BCUT2D eigenvalue weighted by Gasteiger charge is 2.15. The maximum absolute atomic E-state index is 11.6. The highest BCUT2D eigenvalue weighted by atomic mass is 16.2. The fourth-order valence-corrected chi connectivity index (χ4v) is 1.93. The Labute approximate surface area is 94.7 Å². The number of rotatable bonds is 2. The maximum atomic E-state index is 11.6. The molecule has 1 aliphatic rings. The molecule has 86 valence electrons. The topological polar surface area (TPSA) is 66.9 Å². The Morgan fingerprint density at radius 1 is 1.19 bits per heavy atom. The van der Waals surface area contributed by atoms with E-state index in [1.165, 1.54) is 19.3 Å². The Bertz CT molecular complexity index is 335. The van der Waals surface area contributed by atoms with Crippen LogP contribution < -0.4 is 10.6 Å². The molecule has 0 atom stereocenters. The third-order valence-corrected chi connectivity index (χ3v) is 2.73. The fourth-order valence-electron chi connectivity index (χ4n) is 1.93. The molecule has 5 heteroatoms. The van der Waals surface area contributed by atoms with Crippen LogP contribution in [0.15, 0.2) is 18.5 Å². The van der Waals surface area contributed by atoms with Gasteiger partial charge in [0.15, 0.2) is 0 Å². The molecule has 0 radical (unpaired) electrons. The van der Waals surface area contributed by atoms with E-state index in [4.69, 9.17) is 0 Å². The van der Waals surface area contributed by atoms with Crippen LogP contribution in [0.5, 0.6) is 0 Å². The van der Waals surface area contributed by atoms with Crippen LogP contribution in [-0.2, 0) is 0 Å². The third kappa shape index (κ3) is 3.18. The number of hydrogen-bond donors (Lipinski definition) is 2. The van der Waals surface area contributed by atoms with E-state index in [0.717, 1.165) is 12.8 Å². The maximum Gasteiger partial charge on any atom is 0.321 e. The molecule has 1 saturated carbocycles. The quantitative estimate of drug-likeness (QED) is 0.800. The average Bonchev–Trinajstić information content (AvgIpc) is 2.31. The van der Waals surface area contributed by atoms with Gasteiger partial charge in [-0.3, -0.25) is 5.32 Å². The van der Waals surface area contributed by atoms with Gasteiger partial charge in [-0.25, -0.2) is 14.8 Å². The van der Waals surface area contributed by atoms with E-state index in [0.29, 0.717) is 12.0 Å². The number of nitrogens with zero attached hydrogens (tertiary/aromatic N) is 2. The van der Waals surface area contributed by atoms with Crippen LogP contribution in [0.1, 0.15) is 32.1 Å². The van der Waals surface area contributed by atoms with Crippen molar-refractivity contribution >= 4 is 12.0 Å². The Morgan fingerprint density at radius 3 is 2.56 bits per heavy atom. The minimum absolute atomic E-state index is 0.210. The number of aromatic nitrogens is 2. The van der Waals surface area contributed by atoms with Crippen molar-refractivity contribution in [2.75, 3.05) is 5.32 Å². The lowest BCUT2D eigenvalue weighted by Crippen LogP contribution is -2.39. The first-order valence-electron chi connectivity index (χ1n) is 5.69. The second-order valence-corrected chi connectivity index (χ2v) is 4.01. The molecule has 1 aromatic heterocycles. The van der Waals surface area contributed by atoms with Gasteiger partial charge in [-0.05, 0) is 18.9 Å². The summed E-state index contributed by atoms with van der Waals surface area (Å²) < 4.78 is 0. The number of amides is 2. The van der Waals surface area contributed by atoms with Gasteiger partial charge in [0.2, 0.25) is 5.95 Å². The van der Waals surface area contributed by atoms with Crippen molar-refractivity contribution in [3.8, 4) is 0 Å². The van der Waals surface area contributed by atoms with Gasteiger partial charge in [-0.2, -0.15) is 0 Å². The van der Waals surface area contributed by atoms with Crippen LogP contribution in [0.25, 0.3) is 0 Å². The smallest absolute Gasteiger partial charge is 0.321 e. The lowest BCUT2D eigenvalue weighted by Gasteiger charge is -2.22. The molecule has 1 aliphatic carbocycles. The van der Waals surface area contributed by atoms with E-state index in [1.807, 2.05) is 0 Å². The standard InChI is InChI=1S/C11H16N4O/c16-11(14-9-5-2-1-3-6-9)15-10-12-7-4-8-13-10/h4,7-9H,1-3,5-6H2,(H2,12,13,14,15,16). The zero-order valence-electron chi connectivity index (χ0n) is 9.15. The van der Waals surface area contributed by atoms with Crippen molar-refractivity contribution in [1.82, 2.24) is 15.3 Å². The van der Waals surface area contributed by atoms with E-state index < -0.39 is 0 Å². The van der Waals surface area contributed by atoms with Crippen LogP contribution in [0, 0.1) is 0 Å². The highest BCUT2D eigenvalue weighted by molar-refractivity contribution is 5.87. The summed E-state index contributed by atoms with van der Waals surface area (Å²) in [5.74, 6) is 0.343. The normalized spacial score (nSPS) is 16.8. The monoisotopic (exact) mass is 220 g/mol. The molecule has 1 aromatic rings. The first kappa shape index (κ1) is 10.9. The predicted octanol–water partition coefficient (Wildman–Crippen LogP) is 1.93. The minimum atomic E-state index is -0.210. The van der Waals surface area contributed by atoms with Crippen molar-refractivity contribution < 1.29 is 4.79 Å². The number of hydrogen-bond acceptors (Lipinski definition) is 3. The van der Waals surface area contributed by atoms with Gasteiger partial charge in [0.25, 0.3) is 0 Å². The molecule has 0 saturated heterocycles. The highest BCUT2D eigenvalue weighted by Crippen LogP contribution is 2.17. The first-order chi connectivity index (χ1) is 7.84. The van der Waals surface area contributed by atoms with Crippen LogP contribution in [0.2, 0.25) is 0 Å². The predicted molar refractivity (Wildman–Crippen MR) is 61.1 cm³/mol. The Kier molecular flexibility index (Phi) is 3.69. The van der Waals surface area contributed by atoms with E-state index in [-0.39, 0.29) is 6.03 Å². The zero-order valence-corrected chi connectivity index (χ0v) is 9.15. The molecule has 1 heterocycles. The van der Waals surface area contributed by atoms with Gasteiger partial charge in [0.05, 0.1) is 0 Å². The van der Waals surface area contributed by atoms with Crippen LogP contribution in [-0.4, -0.2) is 22.0 Å². The summed E-state index contributed by atoms with van der Waals surface area (Å²) in [6.07, 6.45) is 9.03. The van der Waals surface area contributed by atoms with Gasteiger partial charge >= 0.3 is 6.03 Å². The van der Waals surface area contributed by atoms with Crippen molar-refractivity contribution in [2.24, 2.45) is 0 Å². The van der Waals surface area contributed by atoms with Crippen molar-refractivity contribution in [1.29, 1.82) is 0 Å². The van der Waals surface area contributed by atoms with Crippen molar-refractivity contribution in [3.05, 3.63) is 18.5 Å². The second kappa shape index (κ2) is 5.44. The van der Waals surface area contributed by atoms with E-state index in [2.05, 4.69) is 20.6 Å². The molecule has 0 aliphatic heterocycles. The summed E-state index contributed by atoms with van der Waals surface area (Å²) in [4.78, 5) is 19.4. The summed E-state index contributed by atoms with van der Waals surface area (Å²) >= 11 is 0. The Morgan fingerprint density at radius 2 is 1.88 bits per heavy atom. The second-order valence-electron chi connectivity index (χ2n) is 4.01. The molecule has 2 N–H and O–H groups in total. The molecule has 16 heavy (non-hydrogen) atoms. The van der Waals surface area contributed by atoms with Gasteiger partial charge in [-0.15, -0.1) is 0 Å². The molecule has 0 spiro atoms. The van der Waals surface area contributed by atoms with E-state index >= 15 is 0 Å². The molecule has 5 nitrogen and oxygen atoms in total. The fraction of sp³-hybridized carbons (Fsp3) is 0.545. The Balaban J connectivity index is 1.80. The molecule has 2 rings (SSSR count). The lowest BCUT2D eigenvalue weighted by atomic mass is 9.96. The van der Waals surface area contributed by atoms with Crippen molar-refractivity contribution in [2.45, 2.75) is 38.1 Å². The number of nitrogens with one attached hydrogen (secondary N) is 2. The summed E-state index contributed by atoms with van der Waals surface area (Å²) in [6, 6.07) is 1.81. The molecule has 2 amide bonds. The molecular formula is C11H16N4O. The van der Waals surface area contributed by atoms with Crippen LogP contribution in [0.4, 0.5) is 10.7 Å². The molecule has 0 aromatic carbocycles. The first-order valence-corrected chi connectivity index (χ1v) is 5.69. The number of carbonyl (C=O) groups excluding carboxylic acids is 1. The third-order valence-electron chi connectivity index (χ3n) is 2.73. The summed E-state index contributed by atoms with van der Waals surface area (Å²) in [7, 11) is 0. The summed E-state index contributed by atoms with van der Waals surface area (Å²) in [6.45, 7) is 0. The molecule has 0 bridgehead atoms. The van der Waals surface area contributed by atoms with Crippen LogP contribution in [0.3, 0.4) is 0 Å². The van der Waals surface area contributed by atoms with E-state index in [9.17, 15) is 4.79 Å². The minimum Gasteiger partial charge on any atom is -0.335 e. The Hall–Kier alpha value is -1.65. The SMILES string of the molecule is O=C(Nc1ncccn1)NC1CCCCC1. The van der Waals surface area contributed by atoms with Gasteiger partial charge in [0, 0.05) is 18.4 Å². The largest absolute Gasteiger partial charge is 0.335 e. The summed E-state index contributed by atoms with van der Waals surface area (Å²) in [5.41, 5.74) is 0. The average molecular weight is 220 g/mol. The van der Waals surface area contributed by atoms with Crippen molar-refractivity contribution in [3.63, 3.8) is 0 Å². The number of urea groups is 1. The summed E-state index contributed by atoms with van der Waals surface area (Å²) in [5, 5.41) is 5.55. The molecular weight excluding hydrogens is 204 g/mol. The van der Waals surface area contributed by atoms with E-state index in [1.54, 1.807) is 18.5 Å². The van der Waals surface area contributed by atoms with Gasteiger partial charge < -0.3 is 5.32 Å². The zero-order chi connectivity index (χ0) is 11.2. The van der Waals surface area contributed by atoms with Gasteiger partial charge in [-0.1, -0.05) is 19.3 Å². The number of carbonyl (C=O) groups is 1. The lowest BCUT2D eigenvalue weighted by molar-refractivity contribution is 0.244. The molecule has 1 fully saturated rings. The van der Waals surface area contributed by atoms with Crippen LogP contribution >= 0.6 is 0 Å². The van der Waals surface area contributed by atoms with Gasteiger partial charge in [0.1, 0.15) is 0 Å². The molecule has 0 unspecified atom stereocenters.